The molecule has 1 aromatic heterocycles. The first-order chi connectivity index (χ1) is 11.0. The standard InChI is InChI=1S/C15H18N4O4/c1-10(2)15-17-14(23-18-15)8-7-13(20)16-9-11-5-3-4-6-12(11)19(21)22/h3-6,10H,7-9H2,1-2H3,(H,16,20). The van der Waals surface area contributed by atoms with Crippen LogP contribution in [-0.2, 0) is 17.8 Å². The van der Waals surface area contributed by atoms with Gasteiger partial charge in [0, 0.05) is 36.9 Å². The number of carbonyl (C=O) groups excluding carboxylic acids is 1. The molecule has 8 nitrogen and oxygen atoms in total. The van der Waals surface area contributed by atoms with Crippen LogP contribution in [-0.4, -0.2) is 21.0 Å². The third-order valence-corrected chi connectivity index (χ3v) is 3.23. The Morgan fingerprint density at radius 3 is 2.78 bits per heavy atom. The van der Waals surface area contributed by atoms with Gasteiger partial charge in [-0.3, -0.25) is 14.9 Å². The minimum absolute atomic E-state index is 0.00808. The number of aryl methyl sites for hydroxylation is 1. The number of rotatable bonds is 7. The second-order valence-electron chi connectivity index (χ2n) is 5.36. The van der Waals surface area contributed by atoms with Crippen molar-refractivity contribution in [2.75, 3.05) is 0 Å². The van der Waals surface area contributed by atoms with E-state index in [9.17, 15) is 14.9 Å². The van der Waals surface area contributed by atoms with E-state index in [1.807, 2.05) is 13.8 Å². The number of aromatic nitrogens is 2. The zero-order chi connectivity index (χ0) is 16.8. The second-order valence-corrected chi connectivity index (χ2v) is 5.36. The van der Waals surface area contributed by atoms with E-state index in [-0.39, 0.29) is 30.5 Å². The van der Waals surface area contributed by atoms with Gasteiger partial charge in [0.1, 0.15) is 0 Å². The maximum atomic E-state index is 11.8. The zero-order valence-electron chi connectivity index (χ0n) is 13.0. The average Bonchev–Trinajstić information content (AvgIpc) is 3.00. The Balaban J connectivity index is 1.84. The van der Waals surface area contributed by atoms with Crippen molar-refractivity contribution >= 4 is 11.6 Å². The van der Waals surface area contributed by atoms with E-state index in [0.717, 1.165) is 0 Å². The quantitative estimate of drug-likeness (QED) is 0.619. The number of nitrogens with one attached hydrogen (secondary N) is 1. The molecule has 0 aliphatic heterocycles. The average molecular weight is 318 g/mol. The Kier molecular flexibility index (Phi) is 5.40. The Bertz CT molecular complexity index is 696. The first kappa shape index (κ1) is 16.6. The van der Waals surface area contributed by atoms with Crippen LogP contribution in [0.2, 0.25) is 0 Å². The molecule has 0 unspecified atom stereocenters. The van der Waals surface area contributed by atoms with Gasteiger partial charge in [-0.1, -0.05) is 37.2 Å². The van der Waals surface area contributed by atoms with Crippen LogP contribution in [0.1, 0.15) is 43.5 Å². The summed E-state index contributed by atoms with van der Waals surface area (Å²) in [6.07, 6.45) is 0.517. The smallest absolute Gasteiger partial charge is 0.274 e. The van der Waals surface area contributed by atoms with Gasteiger partial charge in [-0.05, 0) is 0 Å². The summed E-state index contributed by atoms with van der Waals surface area (Å²) in [5, 5.41) is 17.4. The molecular weight excluding hydrogens is 300 g/mol. The Hall–Kier alpha value is -2.77. The fourth-order valence-electron chi connectivity index (χ4n) is 1.95. The van der Waals surface area contributed by atoms with E-state index in [1.165, 1.54) is 6.07 Å². The van der Waals surface area contributed by atoms with Gasteiger partial charge in [0.2, 0.25) is 11.8 Å². The predicted molar refractivity (Wildman–Crippen MR) is 81.7 cm³/mol. The van der Waals surface area contributed by atoms with Gasteiger partial charge in [0.15, 0.2) is 5.82 Å². The van der Waals surface area contributed by atoms with Crippen LogP contribution in [0, 0.1) is 10.1 Å². The number of nitro groups is 1. The van der Waals surface area contributed by atoms with Crippen LogP contribution in [0.25, 0.3) is 0 Å². The summed E-state index contributed by atoms with van der Waals surface area (Å²) in [5.74, 6) is 0.960. The van der Waals surface area contributed by atoms with Crippen molar-refractivity contribution in [3.63, 3.8) is 0 Å². The molecule has 122 valence electrons. The predicted octanol–water partition coefficient (Wildman–Crippen LogP) is 2.35. The van der Waals surface area contributed by atoms with Crippen LogP contribution in [0.3, 0.4) is 0 Å². The van der Waals surface area contributed by atoms with Crippen molar-refractivity contribution in [3.05, 3.63) is 51.7 Å². The Morgan fingerprint density at radius 2 is 2.13 bits per heavy atom. The SMILES string of the molecule is CC(C)c1noc(CCC(=O)NCc2ccccc2[N+](=O)[O-])n1. The molecule has 1 heterocycles. The first-order valence-corrected chi connectivity index (χ1v) is 7.29. The molecule has 1 aromatic carbocycles. The number of amides is 1. The first-order valence-electron chi connectivity index (χ1n) is 7.29. The maximum absolute atomic E-state index is 11.8. The molecule has 8 heteroatoms. The molecule has 0 spiro atoms. The summed E-state index contributed by atoms with van der Waals surface area (Å²) >= 11 is 0. The Morgan fingerprint density at radius 1 is 1.39 bits per heavy atom. The van der Waals surface area contributed by atoms with Gasteiger partial charge >= 0.3 is 0 Å². The number of hydrogen-bond donors (Lipinski definition) is 1. The molecule has 0 bridgehead atoms. The summed E-state index contributed by atoms with van der Waals surface area (Å²) in [6, 6.07) is 6.31. The third-order valence-electron chi connectivity index (χ3n) is 3.23. The normalized spacial score (nSPS) is 10.7. The van der Waals surface area contributed by atoms with Crippen LogP contribution in [0.4, 0.5) is 5.69 Å². The highest BCUT2D eigenvalue weighted by Crippen LogP contribution is 2.17. The molecule has 0 atom stereocenters. The fourth-order valence-corrected chi connectivity index (χ4v) is 1.95. The summed E-state index contributed by atoms with van der Waals surface area (Å²) in [6.45, 7) is 4.01. The number of nitro benzene ring substituents is 1. The number of carbonyl (C=O) groups is 1. The van der Waals surface area contributed by atoms with E-state index in [2.05, 4.69) is 15.5 Å². The van der Waals surface area contributed by atoms with E-state index in [0.29, 0.717) is 23.7 Å². The lowest BCUT2D eigenvalue weighted by atomic mass is 10.2. The van der Waals surface area contributed by atoms with Crippen LogP contribution in [0.5, 0.6) is 0 Å². The molecule has 0 radical (unpaired) electrons. The van der Waals surface area contributed by atoms with Crippen LogP contribution < -0.4 is 5.32 Å². The van der Waals surface area contributed by atoms with E-state index in [4.69, 9.17) is 4.52 Å². The topological polar surface area (TPSA) is 111 Å². The molecule has 0 aliphatic carbocycles. The Labute approximate surface area is 133 Å². The minimum Gasteiger partial charge on any atom is -0.352 e. The number of para-hydroxylation sites is 1. The van der Waals surface area contributed by atoms with Crippen molar-refractivity contribution in [3.8, 4) is 0 Å². The van der Waals surface area contributed by atoms with E-state index < -0.39 is 4.92 Å². The number of nitrogens with zero attached hydrogens (tertiary/aromatic N) is 3. The molecule has 0 saturated heterocycles. The van der Waals surface area contributed by atoms with Crippen LogP contribution >= 0.6 is 0 Å². The lowest BCUT2D eigenvalue weighted by Crippen LogP contribution is -2.23. The number of hydrogen-bond acceptors (Lipinski definition) is 6. The summed E-state index contributed by atoms with van der Waals surface area (Å²) in [5.41, 5.74) is 0.456. The molecule has 0 fully saturated rings. The molecule has 1 amide bonds. The van der Waals surface area contributed by atoms with Gasteiger partial charge in [-0.2, -0.15) is 4.98 Å². The fraction of sp³-hybridized carbons (Fsp3) is 0.400. The maximum Gasteiger partial charge on any atom is 0.274 e. The van der Waals surface area contributed by atoms with Gasteiger partial charge in [-0.25, -0.2) is 0 Å². The van der Waals surface area contributed by atoms with Crippen molar-refractivity contribution in [1.82, 2.24) is 15.5 Å². The second kappa shape index (κ2) is 7.48. The van der Waals surface area contributed by atoms with Gasteiger partial charge in [0.25, 0.3) is 5.69 Å². The van der Waals surface area contributed by atoms with Crippen molar-refractivity contribution in [1.29, 1.82) is 0 Å². The van der Waals surface area contributed by atoms with Gasteiger partial charge in [-0.15, -0.1) is 0 Å². The highest BCUT2D eigenvalue weighted by Gasteiger charge is 2.14. The molecule has 2 rings (SSSR count). The van der Waals surface area contributed by atoms with E-state index in [1.54, 1.807) is 18.2 Å². The summed E-state index contributed by atoms with van der Waals surface area (Å²) in [7, 11) is 0. The van der Waals surface area contributed by atoms with Gasteiger partial charge < -0.3 is 9.84 Å². The van der Waals surface area contributed by atoms with Crippen molar-refractivity contribution in [2.45, 2.75) is 39.2 Å². The molecular formula is C15H18N4O4. The molecule has 0 saturated carbocycles. The highest BCUT2D eigenvalue weighted by atomic mass is 16.6. The third kappa shape index (κ3) is 4.60. The van der Waals surface area contributed by atoms with Crippen molar-refractivity contribution < 1.29 is 14.2 Å². The number of benzene rings is 1. The molecule has 0 aliphatic rings. The highest BCUT2D eigenvalue weighted by molar-refractivity contribution is 5.76. The summed E-state index contributed by atoms with van der Waals surface area (Å²) in [4.78, 5) is 26.5. The van der Waals surface area contributed by atoms with Crippen molar-refractivity contribution in [2.24, 2.45) is 0 Å². The monoisotopic (exact) mass is 318 g/mol. The zero-order valence-corrected chi connectivity index (χ0v) is 13.0. The minimum atomic E-state index is -0.465. The van der Waals surface area contributed by atoms with Crippen LogP contribution in [0.15, 0.2) is 28.8 Å². The molecule has 1 N–H and O–H groups in total. The lowest BCUT2D eigenvalue weighted by molar-refractivity contribution is -0.385. The van der Waals surface area contributed by atoms with E-state index >= 15 is 0 Å². The largest absolute Gasteiger partial charge is 0.352 e. The lowest BCUT2D eigenvalue weighted by Gasteiger charge is -2.05. The summed E-state index contributed by atoms with van der Waals surface area (Å²) < 4.78 is 5.06. The molecule has 23 heavy (non-hydrogen) atoms. The van der Waals surface area contributed by atoms with Gasteiger partial charge in [0.05, 0.1) is 4.92 Å². The molecule has 2 aromatic rings.